The molecule has 0 radical (unpaired) electrons. The van der Waals surface area contributed by atoms with Gasteiger partial charge in [-0.05, 0) is 321 Å². The zero-order valence-corrected chi connectivity index (χ0v) is 84.0. The van der Waals surface area contributed by atoms with Crippen molar-refractivity contribution in [1.82, 2.24) is 4.90 Å². The van der Waals surface area contributed by atoms with Gasteiger partial charge in [-0.2, -0.15) is 0 Å². The van der Waals surface area contributed by atoms with Crippen molar-refractivity contribution in [1.29, 1.82) is 0 Å². The molecule has 16 aromatic rings. The minimum Gasteiger partial charge on any atom is -0.310 e. The molecule has 5 aliphatic carbocycles. The van der Waals surface area contributed by atoms with Gasteiger partial charge in [-0.1, -0.05) is 365 Å². The van der Waals surface area contributed by atoms with Gasteiger partial charge in [0.1, 0.15) is 5.82 Å². The highest BCUT2D eigenvalue weighted by Crippen LogP contribution is 2.77. The van der Waals surface area contributed by atoms with E-state index in [-0.39, 0.29) is 60.2 Å². The molecule has 0 N–H and O–H groups in total. The van der Waals surface area contributed by atoms with Crippen molar-refractivity contribution in [3.05, 3.63) is 456 Å². The number of hydrogen-bond donors (Lipinski definition) is 0. The van der Waals surface area contributed by atoms with Crippen LogP contribution in [0.2, 0.25) is 0 Å². The van der Waals surface area contributed by atoms with E-state index in [1.54, 1.807) is 22.8 Å². The Hall–Kier alpha value is -13.4. The van der Waals surface area contributed by atoms with Crippen LogP contribution in [0.1, 0.15) is 213 Å². The van der Waals surface area contributed by atoms with Crippen molar-refractivity contribution in [2.75, 3.05) is 26.6 Å². The number of fused-ring (bicyclic) bond motifs is 7. The third kappa shape index (κ3) is 15.4. The van der Waals surface area contributed by atoms with Crippen LogP contribution >= 0.6 is 0 Å². The molecule has 2 bridgehead atoms. The molecule has 22 rings (SSSR count). The maximum absolute atomic E-state index is 16.0. The van der Waals surface area contributed by atoms with Crippen molar-refractivity contribution in [3.8, 4) is 44.5 Å². The van der Waals surface area contributed by atoms with Crippen LogP contribution in [0, 0.1) is 22.1 Å². The average Bonchev–Trinajstić information content (AvgIpc) is 1.47. The van der Waals surface area contributed by atoms with E-state index in [0.29, 0.717) is 0 Å². The van der Waals surface area contributed by atoms with Gasteiger partial charge in [0.2, 0.25) is 0 Å². The van der Waals surface area contributed by atoms with E-state index < -0.39 is 0 Å². The third-order valence-corrected chi connectivity index (χ3v) is 35.5. The standard InChI is InChI=1S/C38H43N.C33H34FN.C31H32N2.C29H25N/c1-34(2)30-24-26(25-31-33(30)38(9,36(34,5)6)37(7,8)35(31,3)4)29-22-16-17-23-32(29)39(27-18-12-10-13-19-27)28-20-14-11-15-21-28;1-31(2)27-21-23(22-28(34)30(27)32(3,4)33(31,5)6)26-19-13-14-20-29(26)35(24-15-9-7-10-16-24)25-17-11-8-12-18-25;1-30(2)27-21-20-23(22-28(27)31(3,4)32(30)5)26-18-12-13-19-29(26)33(24-14-8-6-9-15-24)25-16-10-7-11-17-25;1-3-9-25(10-4-1)30(26-11-5-2-6-12-26)27-13-7-8-21(19-27)22-16-17-28-23-14-15-24(18-23)29(28)20-22/h10-25H,1-9H3;7-22H,1-6H3;6-22H,1-5H3;1-13,16-17,19-20,23-24H,14-15,18H2. The number of hydrogen-bond acceptors (Lipinski definition) is 5. The Bertz CT molecular complexity index is 6870. The van der Waals surface area contributed by atoms with Crippen molar-refractivity contribution >= 4 is 68.2 Å². The number of halogens is 1. The van der Waals surface area contributed by atoms with Crippen molar-refractivity contribution in [2.24, 2.45) is 16.2 Å². The quantitative estimate of drug-likeness (QED) is 0.0955. The molecule has 137 heavy (non-hydrogen) atoms. The molecule has 16 aromatic carbocycles. The molecule has 0 amide bonds. The summed E-state index contributed by atoms with van der Waals surface area (Å²) < 4.78 is 16.0. The molecule has 1 saturated carbocycles. The maximum Gasteiger partial charge on any atom is 0.127 e. The average molecular weight is 1800 g/mol. The molecular weight excluding hydrogens is 1660 g/mol. The Labute approximate surface area is 816 Å². The Morgan fingerprint density at radius 3 is 0.927 bits per heavy atom. The van der Waals surface area contributed by atoms with Crippen LogP contribution in [0.4, 0.5) is 72.6 Å². The van der Waals surface area contributed by atoms with E-state index in [9.17, 15) is 0 Å². The molecule has 0 saturated heterocycles. The first-order chi connectivity index (χ1) is 65.5. The van der Waals surface area contributed by atoms with Crippen LogP contribution in [0.5, 0.6) is 0 Å². The fourth-order valence-corrected chi connectivity index (χ4v) is 24.7. The van der Waals surface area contributed by atoms with Gasteiger partial charge in [-0.25, -0.2) is 4.39 Å². The fourth-order valence-electron chi connectivity index (χ4n) is 24.7. The van der Waals surface area contributed by atoms with E-state index in [4.69, 9.17) is 0 Å². The molecule has 2 atom stereocenters. The van der Waals surface area contributed by atoms with Gasteiger partial charge in [0.05, 0.1) is 17.1 Å². The summed E-state index contributed by atoms with van der Waals surface area (Å²) in [5.74, 6) is 1.50. The highest BCUT2D eigenvalue weighted by molar-refractivity contribution is 5.93. The second-order valence-electron chi connectivity index (χ2n) is 43.9. The smallest absolute Gasteiger partial charge is 0.127 e. The zero-order valence-electron chi connectivity index (χ0n) is 84.0. The van der Waals surface area contributed by atoms with Crippen LogP contribution in [0.15, 0.2) is 400 Å². The second kappa shape index (κ2) is 35.3. The number of anilines is 12. The Morgan fingerprint density at radius 1 is 0.234 bits per heavy atom. The molecule has 1 heterocycles. The molecule has 5 nitrogen and oxygen atoms in total. The molecule has 690 valence electrons. The fraction of sp³-hybridized carbons (Fsp3) is 0.267. The molecule has 6 aliphatic rings. The summed E-state index contributed by atoms with van der Waals surface area (Å²) in [5, 5.41) is 0. The summed E-state index contributed by atoms with van der Waals surface area (Å²) in [6, 6.07) is 143. The van der Waals surface area contributed by atoms with E-state index in [1.807, 2.05) is 18.2 Å². The zero-order chi connectivity index (χ0) is 96.2. The van der Waals surface area contributed by atoms with Crippen molar-refractivity contribution in [2.45, 2.75) is 201 Å². The summed E-state index contributed by atoms with van der Waals surface area (Å²) in [4.78, 5) is 11.8. The first-order valence-electron chi connectivity index (χ1n) is 49.6. The molecule has 0 spiro atoms. The van der Waals surface area contributed by atoms with E-state index >= 15 is 4.39 Å². The van der Waals surface area contributed by atoms with Gasteiger partial charge in [0.15, 0.2) is 0 Å². The predicted molar refractivity (Wildman–Crippen MR) is 580 cm³/mol. The predicted octanol–water partition coefficient (Wildman–Crippen LogP) is 36.7. The monoisotopic (exact) mass is 1800 g/mol. The topological polar surface area (TPSA) is 16.2 Å². The van der Waals surface area contributed by atoms with E-state index in [0.717, 1.165) is 73.9 Å². The molecular formula is C131H134FN5. The number of benzene rings is 16. The largest absolute Gasteiger partial charge is 0.310 e. The van der Waals surface area contributed by atoms with Crippen molar-refractivity contribution in [3.63, 3.8) is 0 Å². The highest BCUT2D eigenvalue weighted by Gasteiger charge is 2.72. The number of para-hydroxylation sites is 11. The summed E-state index contributed by atoms with van der Waals surface area (Å²) in [5.41, 5.74) is 35.8. The minimum absolute atomic E-state index is 0.0109. The summed E-state index contributed by atoms with van der Waals surface area (Å²) in [6.07, 6.45) is 4.13. The third-order valence-electron chi connectivity index (χ3n) is 35.5. The second-order valence-corrected chi connectivity index (χ2v) is 43.9. The summed E-state index contributed by atoms with van der Waals surface area (Å²) in [6.45, 7) is 45.2. The van der Waals surface area contributed by atoms with Gasteiger partial charge in [0, 0.05) is 84.4 Å². The lowest BCUT2D eigenvalue weighted by atomic mass is 9.47. The van der Waals surface area contributed by atoms with Crippen LogP contribution < -0.4 is 19.6 Å². The van der Waals surface area contributed by atoms with Gasteiger partial charge in [-0.3, -0.25) is 4.90 Å². The molecule has 1 fully saturated rings. The van der Waals surface area contributed by atoms with E-state index in [1.165, 1.54) is 103 Å². The molecule has 0 aromatic heterocycles. The Morgan fingerprint density at radius 2 is 0.533 bits per heavy atom. The summed E-state index contributed by atoms with van der Waals surface area (Å²) >= 11 is 0. The summed E-state index contributed by atoms with van der Waals surface area (Å²) in [7, 11) is 2.24. The molecule has 6 heteroatoms. The first-order valence-corrected chi connectivity index (χ1v) is 49.6. The van der Waals surface area contributed by atoms with Gasteiger partial charge < -0.3 is 19.6 Å². The highest BCUT2D eigenvalue weighted by atomic mass is 19.1. The first kappa shape index (κ1) is 92.7. The number of nitrogens with zero attached hydrogens (tertiary/aromatic N) is 5. The van der Waals surface area contributed by atoms with E-state index in [2.05, 4.69) is 539 Å². The lowest BCUT2D eigenvalue weighted by molar-refractivity contribution is -0.0105. The van der Waals surface area contributed by atoms with Gasteiger partial charge >= 0.3 is 0 Å². The van der Waals surface area contributed by atoms with Crippen LogP contribution in [-0.4, -0.2) is 11.9 Å². The molecule has 2 unspecified atom stereocenters. The lowest BCUT2D eigenvalue weighted by Crippen LogP contribution is -2.55. The van der Waals surface area contributed by atoms with Crippen molar-refractivity contribution < 1.29 is 4.39 Å². The normalized spacial score (nSPS) is 18.3. The minimum atomic E-state index is -0.270. The van der Waals surface area contributed by atoms with Crippen LogP contribution in [0.3, 0.4) is 0 Å². The van der Waals surface area contributed by atoms with Gasteiger partial charge in [-0.15, -0.1) is 0 Å². The Kier molecular flexibility index (Phi) is 23.9. The molecule has 1 aliphatic heterocycles. The van der Waals surface area contributed by atoms with Gasteiger partial charge in [0.25, 0.3) is 0 Å². The maximum atomic E-state index is 16.0. The van der Waals surface area contributed by atoms with Crippen LogP contribution in [0.25, 0.3) is 44.5 Å². The Balaban J connectivity index is 0.000000117. The lowest BCUT2D eigenvalue weighted by Gasteiger charge is -2.56. The van der Waals surface area contributed by atoms with Crippen LogP contribution in [-0.2, 0) is 38.2 Å². The number of rotatable bonds is 16. The SMILES string of the molecule is CC1(C)c2cc(-c3ccccc3N(c3ccccc3)c3ccccc3)cc(F)c2C(C)(C)C1(C)C.CC1(C)c2cc(-c3ccccc3N(c3ccccc3)c3ccccc3)cc3c2C(C)(C1(C)C)C(C)(C)C3(C)C.CN1C(C)(C)c2ccc(-c3ccccc3N(c3ccccc3)c3ccccc3)cc2C1(C)C.c1ccc(N(c2ccccc2)c2cccc(-c3ccc4c(c3)C3CCC4C3)c2)cc1.